The summed E-state index contributed by atoms with van der Waals surface area (Å²) in [6, 6.07) is 0. The van der Waals surface area contributed by atoms with Crippen molar-refractivity contribution < 1.29 is 5.11 Å². The lowest BCUT2D eigenvalue weighted by Gasteiger charge is -2.08. The van der Waals surface area contributed by atoms with E-state index in [1.54, 1.807) is 0 Å². The van der Waals surface area contributed by atoms with Gasteiger partial charge in [-0.1, -0.05) is 52.4 Å². The van der Waals surface area contributed by atoms with E-state index in [2.05, 4.69) is 19.3 Å². The molecule has 0 radical (unpaired) electrons. The molecule has 1 atom stereocenters. The number of hydrogen-bond donors (Lipinski definition) is 3. The van der Waals surface area contributed by atoms with Gasteiger partial charge < -0.3 is 5.11 Å². The molecular weight excluding hydrogens is 188 g/mol. The number of hydrogen-bond acceptors (Lipinski definition) is 3. The molecule has 0 heterocycles. The SMILES string of the molecule is CC(C)CCCCCCCCC(O)NN. The second-order valence-electron chi connectivity index (χ2n) is 4.77. The van der Waals surface area contributed by atoms with E-state index in [0.717, 1.165) is 18.8 Å². The van der Waals surface area contributed by atoms with Crippen molar-refractivity contribution >= 4 is 0 Å². The van der Waals surface area contributed by atoms with Crippen molar-refractivity contribution in [1.29, 1.82) is 0 Å². The number of hydrazine groups is 1. The Labute approximate surface area is 94.4 Å². The van der Waals surface area contributed by atoms with Crippen molar-refractivity contribution in [1.82, 2.24) is 5.43 Å². The molecule has 0 aliphatic carbocycles. The zero-order valence-electron chi connectivity index (χ0n) is 10.3. The summed E-state index contributed by atoms with van der Waals surface area (Å²) in [4.78, 5) is 0. The Balaban J connectivity index is 2.99. The van der Waals surface area contributed by atoms with E-state index in [1.165, 1.54) is 38.5 Å². The number of aliphatic hydroxyl groups excluding tert-OH is 1. The Kier molecular flexibility index (Phi) is 10.3. The monoisotopic (exact) mass is 216 g/mol. The van der Waals surface area contributed by atoms with Crippen LogP contribution in [0, 0.1) is 5.92 Å². The molecule has 0 aromatic carbocycles. The predicted molar refractivity (Wildman–Crippen MR) is 65.1 cm³/mol. The van der Waals surface area contributed by atoms with Crippen molar-refractivity contribution in [2.75, 3.05) is 0 Å². The quantitative estimate of drug-likeness (QED) is 0.228. The van der Waals surface area contributed by atoms with Gasteiger partial charge in [0.15, 0.2) is 0 Å². The van der Waals surface area contributed by atoms with Gasteiger partial charge in [0, 0.05) is 0 Å². The first kappa shape index (κ1) is 14.9. The number of aliphatic hydroxyl groups is 1. The summed E-state index contributed by atoms with van der Waals surface area (Å²) in [7, 11) is 0. The number of nitrogens with one attached hydrogen (secondary N) is 1. The van der Waals surface area contributed by atoms with E-state index in [4.69, 9.17) is 10.9 Å². The molecule has 0 rings (SSSR count). The molecule has 0 aliphatic rings. The first-order valence-corrected chi connectivity index (χ1v) is 6.31. The maximum Gasteiger partial charge on any atom is 0.116 e. The largest absolute Gasteiger partial charge is 0.377 e. The van der Waals surface area contributed by atoms with Gasteiger partial charge in [0.25, 0.3) is 0 Å². The molecule has 0 fully saturated rings. The van der Waals surface area contributed by atoms with Crippen LogP contribution in [0.2, 0.25) is 0 Å². The summed E-state index contributed by atoms with van der Waals surface area (Å²) in [5.41, 5.74) is 2.34. The van der Waals surface area contributed by atoms with E-state index in [0.29, 0.717) is 0 Å². The lowest BCUT2D eigenvalue weighted by atomic mass is 10.0. The van der Waals surface area contributed by atoms with Gasteiger partial charge in [0.1, 0.15) is 6.23 Å². The average molecular weight is 216 g/mol. The molecule has 0 aliphatic heterocycles. The van der Waals surface area contributed by atoms with Crippen LogP contribution in [0.15, 0.2) is 0 Å². The maximum absolute atomic E-state index is 9.12. The first-order chi connectivity index (χ1) is 7.16. The van der Waals surface area contributed by atoms with Crippen LogP contribution in [-0.4, -0.2) is 11.3 Å². The van der Waals surface area contributed by atoms with Gasteiger partial charge in [0.05, 0.1) is 0 Å². The minimum Gasteiger partial charge on any atom is -0.377 e. The minimum absolute atomic E-state index is 0.522. The molecular formula is C12H28N2O. The zero-order valence-corrected chi connectivity index (χ0v) is 10.3. The van der Waals surface area contributed by atoms with Crippen molar-refractivity contribution in [3.8, 4) is 0 Å². The molecule has 15 heavy (non-hydrogen) atoms. The lowest BCUT2D eigenvalue weighted by Crippen LogP contribution is -2.34. The topological polar surface area (TPSA) is 58.3 Å². The Bertz CT molecular complexity index is 129. The highest BCUT2D eigenvalue weighted by Crippen LogP contribution is 2.12. The molecule has 4 N–H and O–H groups in total. The van der Waals surface area contributed by atoms with Gasteiger partial charge in [-0.3, -0.25) is 5.84 Å². The Morgan fingerprint density at radius 2 is 1.40 bits per heavy atom. The molecule has 0 amide bonds. The highest BCUT2D eigenvalue weighted by molar-refractivity contribution is 4.51. The second kappa shape index (κ2) is 10.4. The third-order valence-electron chi connectivity index (χ3n) is 2.70. The Hall–Kier alpha value is -0.120. The van der Waals surface area contributed by atoms with Crippen LogP contribution in [0.5, 0.6) is 0 Å². The van der Waals surface area contributed by atoms with Gasteiger partial charge in [-0.25, -0.2) is 5.43 Å². The Morgan fingerprint density at radius 3 is 1.87 bits per heavy atom. The van der Waals surface area contributed by atoms with E-state index in [9.17, 15) is 0 Å². The Morgan fingerprint density at radius 1 is 0.933 bits per heavy atom. The zero-order chi connectivity index (χ0) is 11.5. The molecule has 3 nitrogen and oxygen atoms in total. The second-order valence-corrected chi connectivity index (χ2v) is 4.77. The van der Waals surface area contributed by atoms with Crippen molar-refractivity contribution in [2.24, 2.45) is 11.8 Å². The molecule has 0 bridgehead atoms. The third-order valence-corrected chi connectivity index (χ3v) is 2.70. The molecule has 3 heteroatoms. The maximum atomic E-state index is 9.12. The fourth-order valence-corrected chi connectivity index (χ4v) is 1.68. The first-order valence-electron chi connectivity index (χ1n) is 6.31. The summed E-state index contributed by atoms with van der Waals surface area (Å²) in [5, 5.41) is 9.12. The van der Waals surface area contributed by atoms with Crippen molar-refractivity contribution in [3.63, 3.8) is 0 Å². The fourth-order valence-electron chi connectivity index (χ4n) is 1.68. The van der Waals surface area contributed by atoms with E-state index in [-0.39, 0.29) is 0 Å². The molecule has 0 saturated carbocycles. The predicted octanol–water partition coefficient (Wildman–Crippen LogP) is 2.54. The van der Waals surface area contributed by atoms with Crippen LogP contribution < -0.4 is 11.3 Å². The van der Waals surface area contributed by atoms with Crippen molar-refractivity contribution in [3.05, 3.63) is 0 Å². The van der Waals surface area contributed by atoms with Gasteiger partial charge in [-0.15, -0.1) is 0 Å². The van der Waals surface area contributed by atoms with Gasteiger partial charge in [-0.2, -0.15) is 0 Å². The standard InChI is InChI=1S/C12H28N2O/c1-11(2)9-7-5-3-4-6-8-10-12(15)14-13/h11-12,14-15H,3-10,13H2,1-2H3. The van der Waals surface area contributed by atoms with Gasteiger partial charge in [0.2, 0.25) is 0 Å². The highest BCUT2D eigenvalue weighted by Gasteiger charge is 1.99. The number of unbranched alkanes of at least 4 members (excludes halogenated alkanes) is 5. The average Bonchev–Trinajstić information content (AvgIpc) is 2.21. The summed E-state index contributed by atoms with van der Waals surface area (Å²) >= 11 is 0. The van der Waals surface area contributed by atoms with Crippen molar-refractivity contribution in [2.45, 2.75) is 71.4 Å². The number of nitrogens with two attached hydrogens (primary N) is 1. The van der Waals surface area contributed by atoms with E-state index in [1.807, 2.05) is 0 Å². The summed E-state index contributed by atoms with van der Waals surface area (Å²) in [6.07, 6.45) is 9.22. The van der Waals surface area contributed by atoms with Crippen LogP contribution in [0.25, 0.3) is 0 Å². The molecule has 0 aromatic heterocycles. The van der Waals surface area contributed by atoms with Crippen LogP contribution in [-0.2, 0) is 0 Å². The van der Waals surface area contributed by atoms with Crippen LogP contribution >= 0.6 is 0 Å². The molecule has 0 aromatic rings. The molecule has 0 saturated heterocycles. The molecule has 0 spiro atoms. The molecule has 92 valence electrons. The van der Waals surface area contributed by atoms with E-state index < -0.39 is 6.23 Å². The van der Waals surface area contributed by atoms with Crippen LogP contribution in [0.4, 0.5) is 0 Å². The van der Waals surface area contributed by atoms with Crippen LogP contribution in [0.3, 0.4) is 0 Å². The third kappa shape index (κ3) is 11.8. The summed E-state index contributed by atoms with van der Waals surface area (Å²) in [6.45, 7) is 4.56. The lowest BCUT2D eigenvalue weighted by molar-refractivity contribution is 0.125. The molecule has 1 unspecified atom stereocenters. The summed E-state index contributed by atoms with van der Waals surface area (Å²) in [5.74, 6) is 5.92. The minimum atomic E-state index is -0.522. The van der Waals surface area contributed by atoms with E-state index >= 15 is 0 Å². The highest BCUT2D eigenvalue weighted by atomic mass is 16.3. The van der Waals surface area contributed by atoms with Gasteiger partial charge in [-0.05, 0) is 18.8 Å². The summed E-state index contributed by atoms with van der Waals surface area (Å²) < 4.78 is 0. The normalized spacial score (nSPS) is 13.4. The smallest absolute Gasteiger partial charge is 0.116 e. The van der Waals surface area contributed by atoms with Crippen LogP contribution in [0.1, 0.15) is 65.2 Å². The van der Waals surface area contributed by atoms with Gasteiger partial charge >= 0.3 is 0 Å². The number of rotatable bonds is 10. The fraction of sp³-hybridized carbons (Fsp3) is 1.00.